The second-order valence-corrected chi connectivity index (χ2v) is 6.67. The first-order valence-corrected chi connectivity index (χ1v) is 8.00. The van der Waals surface area contributed by atoms with Gasteiger partial charge < -0.3 is 14.6 Å². The number of carbonyl (C=O) groups excluding carboxylic acids is 2. The predicted molar refractivity (Wildman–Crippen MR) is 94.2 cm³/mol. The van der Waals surface area contributed by atoms with Gasteiger partial charge in [0, 0.05) is 25.7 Å². The van der Waals surface area contributed by atoms with Gasteiger partial charge in [-0.3, -0.25) is 9.59 Å². The number of benzene rings is 1. The van der Waals surface area contributed by atoms with E-state index in [0.717, 1.165) is 11.3 Å². The zero-order valence-corrected chi connectivity index (χ0v) is 14.6. The maximum Gasteiger partial charge on any atom is 0.287 e. The highest BCUT2D eigenvalue weighted by atomic mass is 16.3. The zero-order chi connectivity index (χ0) is 17.7. The Hall–Kier alpha value is -2.56. The fraction of sp³-hybridized carbons (Fsp3) is 0.368. The lowest BCUT2D eigenvalue weighted by molar-refractivity contribution is -0.116. The lowest BCUT2D eigenvalue weighted by Gasteiger charge is -2.29. The van der Waals surface area contributed by atoms with Crippen LogP contribution in [0.4, 0.5) is 5.69 Å². The lowest BCUT2D eigenvalue weighted by Crippen LogP contribution is -2.38. The minimum Gasteiger partial charge on any atom is -0.459 e. The Balaban J connectivity index is 2.11. The van der Waals surface area contributed by atoms with Crippen molar-refractivity contribution in [2.75, 3.05) is 18.0 Å². The largest absolute Gasteiger partial charge is 0.459 e. The van der Waals surface area contributed by atoms with Gasteiger partial charge in [-0.2, -0.15) is 0 Å². The van der Waals surface area contributed by atoms with Crippen molar-refractivity contribution < 1.29 is 14.0 Å². The van der Waals surface area contributed by atoms with E-state index >= 15 is 0 Å². The number of para-hydroxylation sites is 1. The predicted octanol–water partition coefficient (Wildman–Crippen LogP) is 3.36. The highest BCUT2D eigenvalue weighted by molar-refractivity contribution is 5.93. The maximum atomic E-state index is 12.1. The summed E-state index contributed by atoms with van der Waals surface area (Å²) in [6, 6.07) is 11.1. The molecule has 24 heavy (non-hydrogen) atoms. The second kappa shape index (κ2) is 7.34. The summed E-state index contributed by atoms with van der Waals surface area (Å²) in [5.74, 6) is -0.0778. The van der Waals surface area contributed by atoms with E-state index in [-0.39, 0.29) is 23.0 Å². The molecule has 1 aromatic carbocycles. The quantitative estimate of drug-likeness (QED) is 0.915. The van der Waals surface area contributed by atoms with Crippen LogP contribution in [-0.2, 0) is 10.2 Å². The summed E-state index contributed by atoms with van der Waals surface area (Å²) in [4.78, 5) is 25.7. The van der Waals surface area contributed by atoms with Crippen molar-refractivity contribution in [2.24, 2.45) is 0 Å². The SMILES string of the molecule is CC(=O)N(CCNC(=O)c1ccco1)c1ccccc1C(C)(C)C. The van der Waals surface area contributed by atoms with E-state index in [9.17, 15) is 9.59 Å². The molecule has 0 aliphatic carbocycles. The zero-order valence-electron chi connectivity index (χ0n) is 14.6. The number of nitrogens with zero attached hydrogens (tertiary/aromatic N) is 1. The van der Waals surface area contributed by atoms with Gasteiger partial charge in [0.2, 0.25) is 5.91 Å². The van der Waals surface area contributed by atoms with E-state index in [4.69, 9.17) is 4.42 Å². The normalized spacial score (nSPS) is 11.2. The highest BCUT2D eigenvalue weighted by Gasteiger charge is 2.22. The average molecular weight is 328 g/mol. The van der Waals surface area contributed by atoms with Crippen molar-refractivity contribution in [3.05, 3.63) is 54.0 Å². The Labute approximate surface area is 142 Å². The third kappa shape index (κ3) is 4.25. The van der Waals surface area contributed by atoms with Gasteiger partial charge in [-0.15, -0.1) is 0 Å². The van der Waals surface area contributed by atoms with Crippen LogP contribution in [0.1, 0.15) is 43.8 Å². The third-order valence-electron chi connectivity index (χ3n) is 3.75. The maximum absolute atomic E-state index is 12.1. The van der Waals surface area contributed by atoms with Gasteiger partial charge in [-0.25, -0.2) is 0 Å². The van der Waals surface area contributed by atoms with E-state index < -0.39 is 0 Å². The number of hydrogen-bond donors (Lipinski definition) is 1. The number of nitrogens with one attached hydrogen (secondary N) is 1. The summed E-state index contributed by atoms with van der Waals surface area (Å²) in [7, 11) is 0. The van der Waals surface area contributed by atoms with Gasteiger partial charge >= 0.3 is 0 Å². The molecule has 0 fully saturated rings. The molecule has 128 valence electrons. The van der Waals surface area contributed by atoms with E-state index in [1.54, 1.807) is 17.0 Å². The number of anilines is 1. The molecule has 0 bridgehead atoms. The highest BCUT2D eigenvalue weighted by Crippen LogP contribution is 2.31. The molecule has 1 N–H and O–H groups in total. The molecule has 1 heterocycles. The first-order chi connectivity index (χ1) is 11.3. The van der Waals surface area contributed by atoms with Crippen LogP contribution < -0.4 is 10.2 Å². The van der Waals surface area contributed by atoms with Crippen LogP contribution in [0.2, 0.25) is 0 Å². The summed E-state index contributed by atoms with van der Waals surface area (Å²) >= 11 is 0. The van der Waals surface area contributed by atoms with Crippen LogP contribution in [0.5, 0.6) is 0 Å². The van der Waals surface area contributed by atoms with Gasteiger partial charge in [-0.05, 0) is 29.2 Å². The Morgan fingerprint density at radius 3 is 2.42 bits per heavy atom. The summed E-state index contributed by atoms with van der Waals surface area (Å²) in [5, 5.41) is 2.77. The third-order valence-corrected chi connectivity index (χ3v) is 3.75. The van der Waals surface area contributed by atoms with Crippen LogP contribution >= 0.6 is 0 Å². The topological polar surface area (TPSA) is 62.6 Å². The van der Waals surface area contributed by atoms with Crippen molar-refractivity contribution in [2.45, 2.75) is 33.1 Å². The van der Waals surface area contributed by atoms with Crippen LogP contribution in [0.15, 0.2) is 47.1 Å². The molecule has 0 saturated heterocycles. The molecule has 0 unspecified atom stereocenters. The molecule has 0 atom stereocenters. The molecule has 2 amide bonds. The molecule has 0 aliphatic heterocycles. The van der Waals surface area contributed by atoms with E-state index in [1.165, 1.54) is 13.2 Å². The van der Waals surface area contributed by atoms with Crippen LogP contribution in [-0.4, -0.2) is 24.9 Å². The Bertz CT molecular complexity index is 700. The molecule has 0 spiro atoms. The summed E-state index contributed by atoms with van der Waals surface area (Å²) < 4.78 is 5.06. The van der Waals surface area contributed by atoms with Crippen LogP contribution in [0.3, 0.4) is 0 Å². The van der Waals surface area contributed by atoms with Gasteiger partial charge in [0.1, 0.15) is 0 Å². The van der Waals surface area contributed by atoms with Crippen molar-refractivity contribution >= 4 is 17.5 Å². The Morgan fingerprint density at radius 1 is 1.12 bits per heavy atom. The molecule has 0 aliphatic rings. The Morgan fingerprint density at radius 2 is 1.83 bits per heavy atom. The molecule has 1 aromatic heterocycles. The molecule has 5 heteroatoms. The summed E-state index contributed by atoms with van der Waals surface area (Å²) in [5.41, 5.74) is 1.89. The monoisotopic (exact) mass is 328 g/mol. The van der Waals surface area contributed by atoms with Crippen LogP contribution in [0.25, 0.3) is 0 Å². The number of furan rings is 1. The van der Waals surface area contributed by atoms with E-state index in [0.29, 0.717) is 13.1 Å². The smallest absolute Gasteiger partial charge is 0.287 e. The van der Waals surface area contributed by atoms with Crippen molar-refractivity contribution in [1.82, 2.24) is 5.32 Å². The van der Waals surface area contributed by atoms with Gasteiger partial charge in [-0.1, -0.05) is 39.0 Å². The molecular formula is C19H24N2O3. The number of hydrogen-bond acceptors (Lipinski definition) is 3. The van der Waals surface area contributed by atoms with Crippen LogP contribution in [0, 0.1) is 0 Å². The molecule has 0 saturated carbocycles. The second-order valence-electron chi connectivity index (χ2n) is 6.67. The Kier molecular flexibility index (Phi) is 5.44. The fourth-order valence-electron chi connectivity index (χ4n) is 2.57. The van der Waals surface area contributed by atoms with Gasteiger partial charge in [0.25, 0.3) is 5.91 Å². The van der Waals surface area contributed by atoms with Crippen molar-refractivity contribution in [3.8, 4) is 0 Å². The van der Waals surface area contributed by atoms with E-state index in [1.807, 2.05) is 24.3 Å². The molecule has 0 radical (unpaired) electrons. The molecule has 2 rings (SSSR count). The number of rotatable bonds is 5. The van der Waals surface area contributed by atoms with Gasteiger partial charge in [0.05, 0.1) is 6.26 Å². The van der Waals surface area contributed by atoms with Gasteiger partial charge in [0.15, 0.2) is 5.76 Å². The average Bonchev–Trinajstić information content (AvgIpc) is 3.04. The molecular weight excluding hydrogens is 304 g/mol. The minimum atomic E-state index is -0.285. The summed E-state index contributed by atoms with van der Waals surface area (Å²) in [6.45, 7) is 8.62. The van der Waals surface area contributed by atoms with Crippen molar-refractivity contribution in [3.63, 3.8) is 0 Å². The standard InChI is InChI=1S/C19H24N2O3/c1-14(22)21(12-11-20-18(23)17-10-7-13-24-17)16-9-6-5-8-15(16)19(2,3)4/h5-10,13H,11-12H2,1-4H3,(H,20,23). The first-order valence-electron chi connectivity index (χ1n) is 8.00. The fourth-order valence-corrected chi connectivity index (χ4v) is 2.57. The first kappa shape index (κ1) is 17.8. The number of carbonyl (C=O) groups is 2. The van der Waals surface area contributed by atoms with Crippen molar-refractivity contribution in [1.29, 1.82) is 0 Å². The van der Waals surface area contributed by atoms with E-state index in [2.05, 4.69) is 26.1 Å². The molecule has 5 nitrogen and oxygen atoms in total. The molecule has 2 aromatic rings. The summed E-state index contributed by atoms with van der Waals surface area (Å²) in [6.07, 6.45) is 1.45. The lowest BCUT2D eigenvalue weighted by atomic mass is 9.85. The number of amides is 2. The minimum absolute atomic E-state index is 0.0565.